The van der Waals surface area contributed by atoms with Gasteiger partial charge in [0.15, 0.2) is 0 Å². The lowest BCUT2D eigenvalue weighted by Gasteiger charge is -2.13. The fourth-order valence-electron chi connectivity index (χ4n) is 2.30. The molecule has 3 aromatic rings. The summed E-state index contributed by atoms with van der Waals surface area (Å²) in [5.74, 6) is -0.251. The molecule has 0 unspecified atom stereocenters. The SMILES string of the molecule is Cl.N[C@H](c1ccc(OC(F)(F)F)cc1)c1csc2ccccc12. The third kappa shape index (κ3) is 3.96. The van der Waals surface area contributed by atoms with Gasteiger partial charge >= 0.3 is 6.36 Å². The predicted molar refractivity (Wildman–Crippen MR) is 88.2 cm³/mol. The maximum atomic E-state index is 12.2. The number of rotatable bonds is 3. The molecule has 0 spiro atoms. The third-order valence-electron chi connectivity index (χ3n) is 3.32. The zero-order valence-corrected chi connectivity index (χ0v) is 13.3. The van der Waals surface area contributed by atoms with Crippen LogP contribution in [-0.2, 0) is 0 Å². The molecule has 2 nitrogen and oxygen atoms in total. The maximum Gasteiger partial charge on any atom is 0.573 e. The Morgan fingerprint density at radius 1 is 1.00 bits per heavy atom. The van der Waals surface area contributed by atoms with Crippen LogP contribution in [0.4, 0.5) is 13.2 Å². The van der Waals surface area contributed by atoms with E-state index in [1.54, 1.807) is 23.5 Å². The largest absolute Gasteiger partial charge is 0.573 e. The van der Waals surface area contributed by atoms with E-state index in [9.17, 15) is 13.2 Å². The number of ether oxygens (including phenoxy) is 1. The number of thiophene rings is 1. The Balaban J connectivity index is 0.00000192. The first-order chi connectivity index (χ1) is 10.4. The lowest BCUT2D eigenvalue weighted by Crippen LogP contribution is -2.17. The molecule has 1 aromatic heterocycles. The zero-order chi connectivity index (χ0) is 15.7. The first kappa shape index (κ1) is 17.6. The second kappa shape index (κ2) is 6.78. The third-order valence-corrected chi connectivity index (χ3v) is 4.30. The second-order valence-corrected chi connectivity index (χ2v) is 5.69. The minimum atomic E-state index is -4.69. The van der Waals surface area contributed by atoms with Gasteiger partial charge in [0.2, 0.25) is 0 Å². The van der Waals surface area contributed by atoms with Crippen LogP contribution in [0.5, 0.6) is 5.75 Å². The molecular formula is C16H13ClF3NOS. The molecule has 0 amide bonds. The van der Waals surface area contributed by atoms with Gasteiger partial charge in [0.25, 0.3) is 0 Å². The van der Waals surface area contributed by atoms with E-state index < -0.39 is 12.4 Å². The van der Waals surface area contributed by atoms with Gasteiger partial charge in [0.05, 0.1) is 6.04 Å². The average molecular weight is 360 g/mol. The Kier molecular flexibility index (Phi) is 5.19. The number of halogens is 4. The van der Waals surface area contributed by atoms with Crippen LogP contribution in [0.25, 0.3) is 10.1 Å². The zero-order valence-electron chi connectivity index (χ0n) is 11.7. The van der Waals surface area contributed by atoms with Crippen molar-refractivity contribution in [1.29, 1.82) is 0 Å². The molecule has 0 aliphatic rings. The molecule has 7 heteroatoms. The van der Waals surface area contributed by atoms with Crippen molar-refractivity contribution in [2.45, 2.75) is 12.4 Å². The minimum absolute atomic E-state index is 0. The topological polar surface area (TPSA) is 35.2 Å². The van der Waals surface area contributed by atoms with Gasteiger partial charge in [0.1, 0.15) is 5.75 Å². The van der Waals surface area contributed by atoms with Crippen molar-refractivity contribution in [3.63, 3.8) is 0 Å². The summed E-state index contributed by atoms with van der Waals surface area (Å²) in [7, 11) is 0. The quantitative estimate of drug-likeness (QED) is 0.691. The Hall–Kier alpha value is -1.76. The Morgan fingerprint density at radius 2 is 1.65 bits per heavy atom. The standard InChI is InChI=1S/C16H12F3NOS.ClH/c17-16(18,19)21-11-7-5-10(6-8-11)15(20)13-9-22-14-4-2-1-3-12(13)14;/h1-9,15H,20H2;1H/t15-;/m1./s1. The predicted octanol–water partition coefficient (Wildman–Crippen LogP) is 5.27. The molecule has 1 heterocycles. The molecule has 0 aliphatic heterocycles. The number of alkyl halides is 3. The van der Waals surface area contributed by atoms with Gasteiger partial charge in [-0.05, 0) is 40.1 Å². The van der Waals surface area contributed by atoms with Crippen LogP contribution in [0, 0.1) is 0 Å². The highest BCUT2D eigenvalue weighted by Crippen LogP contribution is 2.33. The van der Waals surface area contributed by atoms with Crippen molar-refractivity contribution < 1.29 is 17.9 Å². The monoisotopic (exact) mass is 359 g/mol. The van der Waals surface area contributed by atoms with E-state index in [1.165, 1.54) is 12.1 Å². The molecule has 0 radical (unpaired) electrons. The maximum absolute atomic E-state index is 12.2. The van der Waals surface area contributed by atoms with E-state index in [1.807, 2.05) is 29.6 Å². The Labute approximate surface area is 141 Å². The summed E-state index contributed by atoms with van der Waals surface area (Å²) in [5.41, 5.74) is 7.95. The van der Waals surface area contributed by atoms with Gasteiger partial charge in [-0.3, -0.25) is 0 Å². The van der Waals surface area contributed by atoms with Gasteiger partial charge in [-0.15, -0.1) is 36.9 Å². The number of benzene rings is 2. The molecular weight excluding hydrogens is 347 g/mol. The van der Waals surface area contributed by atoms with Crippen LogP contribution in [0.2, 0.25) is 0 Å². The van der Waals surface area contributed by atoms with E-state index in [0.29, 0.717) is 0 Å². The lowest BCUT2D eigenvalue weighted by atomic mass is 9.99. The van der Waals surface area contributed by atoms with Crippen LogP contribution in [-0.4, -0.2) is 6.36 Å². The van der Waals surface area contributed by atoms with Gasteiger partial charge < -0.3 is 10.5 Å². The summed E-state index contributed by atoms with van der Waals surface area (Å²) in [4.78, 5) is 0. The van der Waals surface area contributed by atoms with E-state index in [2.05, 4.69) is 4.74 Å². The first-order valence-corrected chi connectivity index (χ1v) is 7.39. The number of hydrogen-bond acceptors (Lipinski definition) is 3. The van der Waals surface area contributed by atoms with Gasteiger partial charge in [0, 0.05) is 4.70 Å². The van der Waals surface area contributed by atoms with Crippen LogP contribution in [0.1, 0.15) is 17.2 Å². The molecule has 0 saturated carbocycles. The fourth-order valence-corrected chi connectivity index (χ4v) is 3.29. The number of nitrogens with two attached hydrogens (primary N) is 1. The summed E-state index contributed by atoms with van der Waals surface area (Å²) in [6.07, 6.45) is -4.69. The van der Waals surface area contributed by atoms with Crippen molar-refractivity contribution in [3.05, 3.63) is 65.0 Å². The highest BCUT2D eigenvalue weighted by Gasteiger charge is 2.31. The summed E-state index contributed by atoms with van der Waals surface area (Å²) < 4.78 is 41.4. The normalized spacial score (nSPS) is 12.7. The first-order valence-electron chi connectivity index (χ1n) is 6.51. The van der Waals surface area contributed by atoms with Crippen LogP contribution >= 0.6 is 23.7 Å². The highest BCUT2D eigenvalue weighted by molar-refractivity contribution is 7.17. The molecule has 0 saturated heterocycles. The van der Waals surface area contributed by atoms with Crippen LogP contribution in [0.3, 0.4) is 0 Å². The van der Waals surface area contributed by atoms with Crippen molar-refractivity contribution in [1.82, 2.24) is 0 Å². The number of fused-ring (bicyclic) bond motifs is 1. The van der Waals surface area contributed by atoms with Gasteiger partial charge in [-0.25, -0.2) is 0 Å². The van der Waals surface area contributed by atoms with Gasteiger partial charge in [-0.1, -0.05) is 30.3 Å². The summed E-state index contributed by atoms with van der Waals surface area (Å²) in [6, 6.07) is 13.2. The number of hydrogen-bond donors (Lipinski definition) is 1. The van der Waals surface area contributed by atoms with E-state index >= 15 is 0 Å². The Morgan fingerprint density at radius 3 is 2.30 bits per heavy atom. The van der Waals surface area contributed by atoms with Crippen molar-refractivity contribution in [3.8, 4) is 5.75 Å². The molecule has 122 valence electrons. The summed E-state index contributed by atoms with van der Waals surface area (Å²) >= 11 is 1.59. The van der Waals surface area contributed by atoms with E-state index in [4.69, 9.17) is 5.73 Å². The van der Waals surface area contributed by atoms with Gasteiger partial charge in [-0.2, -0.15) is 0 Å². The minimum Gasteiger partial charge on any atom is -0.406 e. The molecule has 1 atom stereocenters. The molecule has 2 N–H and O–H groups in total. The lowest BCUT2D eigenvalue weighted by molar-refractivity contribution is -0.274. The Bertz CT molecular complexity index is 786. The average Bonchev–Trinajstić information content (AvgIpc) is 2.89. The van der Waals surface area contributed by atoms with Crippen molar-refractivity contribution in [2.24, 2.45) is 5.73 Å². The van der Waals surface area contributed by atoms with Crippen molar-refractivity contribution in [2.75, 3.05) is 0 Å². The molecule has 2 aromatic carbocycles. The molecule has 0 aliphatic carbocycles. The molecule has 23 heavy (non-hydrogen) atoms. The van der Waals surface area contributed by atoms with E-state index in [-0.39, 0.29) is 18.2 Å². The summed E-state index contributed by atoms with van der Waals surface area (Å²) in [5, 5.41) is 3.05. The summed E-state index contributed by atoms with van der Waals surface area (Å²) in [6.45, 7) is 0. The highest BCUT2D eigenvalue weighted by atomic mass is 35.5. The second-order valence-electron chi connectivity index (χ2n) is 4.78. The smallest absolute Gasteiger partial charge is 0.406 e. The molecule has 0 bridgehead atoms. The van der Waals surface area contributed by atoms with E-state index in [0.717, 1.165) is 21.2 Å². The molecule has 3 rings (SSSR count). The fraction of sp³-hybridized carbons (Fsp3) is 0.125. The van der Waals surface area contributed by atoms with Crippen LogP contribution in [0.15, 0.2) is 53.9 Å². The van der Waals surface area contributed by atoms with Crippen molar-refractivity contribution >= 4 is 33.8 Å². The molecule has 0 fully saturated rings. The van der Waals surface area contributed by atoms with Crippen LogP contribution < -0.4 is 10.5 Å².